The Morgan fingerprint density at radius 3 is 2.48 bits per heavy atom. The van der Waals surface area contributed by atoms with E-state index in [2.05, 4.69) is 23.8 Å². The van der Waals surface area contributed by atoms with Crippen LogP contribution in [-0.4, -0.2) is 31.2 Å². The van der Waals surface area contributed by atoms with Crippen molar-refractivity contribution in [2.24, 2.45) is 5.92 Å². The largest absolute Gasteiger partial charge is 0.491 e. The number of aromatic nitrogens is 2. The highest BCUT2D eigenvalue weighted by molar-refractivity contribution is 7.90. The average Bonchev–Trinajstić information content (AvgIpc) is 3.25. The molecule has 0 radical (unpaired) electrons. The smallest absolute Gasteiger partial charge is 0.175 e. The van der Waals surface area contributed by atoms with Gasteiger partial charge in [-0.1, -0.05) is 26.7 Å². The van der Waals surface area contributed by atoms with Crippen LogP contribution in [0.5, 0.6) is 17.2 Å². The molecule has 1 atom stereocenters. The molecule has 6 nitrogen and oxygen atoms in total. The van der Waals surface area contributed by atoms with Crippen molar-refractivity contribution in [2.45, 2.75) is 44.4 Å². The fraction of sp³-hybridized carbons (Fsp3) is 0.391. The molecule has 8 heteroatoms. The number of hydrogen-bond donors (Lipinski definition) is 0. The number of ether oxygens (including phenoxy) is 2. The summed E-state index contributed by atoms with van der Waals surface area (Å²) < 4.78 is 35.4. The van der Waals surface area contributed by atoms with E-state index in [1.165, 1.54) is 18.4 Å². The van der Waals surface area contributed by atoms with Crippen molar-refractivity contribution < 1.29 is 17.9 Å². The summed E-state index contributed by atoms with van der Waals surface area (Å²) in [7, 11) is -3.25. The zero-order chi connectivity index (χ0) is 22.3. The van der Waals surface area contributed by atoms with Gasteiger partial charge in [0, 0.05) is 30.3 Å². The lowest BCUT2D eigenvalue weighted by Gasteiger charge is -2.17. The highest BCUT2D eigenvalue weighted by Crippen LogP contribution is 2.30. The molecule has 3 rings (SSSR count). The van der Waals surface area contributed by atoms with Crippen molar-refractivity contribution >= 4 is 21.2 Å². The molecule has 31 heavy (non-hydrogen) atoms. The van der Waals surface area contributed by atoms with Gasteiger partial charge >= 0.3 is 0 Å². The maximum atomic E-state index is 11.6. The van der Waals surface area contributed by atoms with Crippen molar-refractivity contribution in [1.29, 1.82) is 0 Å². The minimum atomic E-state index is -3.25. The highest BCUT2D eigenvalue weighted by Gasteiger charge is 2.14. The summed E-state index contributed by atoms with van der Waals surface area (Å²) in [5, 5.41) is 2.92. The van der Waals surface area contributed by atoms with Gasteiger partial charge in [0.15, 0.2) is 9.84 Å². The minimum absolute atomic E-state index is 0.252. The second-order valence-electron chi connectivity index (χ2n) is 7.44. The Morgan fingerprint density at radius 1 is 1.10 bits per heavy atom. The van der Waals surface area contributed by atoms with Crippen molar-refractivity contribution in [3.05, 3.63) is 58.8 Å². The van der Waals surface area contributed by atoms with E-state index >= 15 is 0 Å². The summed E-state index contributed by atoms with van der Waals surface area (Å²) in [6, 6.07) is 8.18. The first-order valence-corrected chi connectivity index (χ1v) is 13.1. The first-order valence-electron chi connectivity index (χ1n) is 10.4. The molecule has 3 aromatic rings. The van der Waals surface area contributed by atoms with E-state index in [1.54, 1.807) is 35.9 Å². The van der Waals surface area contributed by atoms with E-state index in [0.717, 1.165) is 30.0 Å². The maximum absolute atomic E-state index is 11.6. The normalized spacial score (nSPS) is 12.5. The summed E-state index contributed by atoms with van der Waals surface area (Å²) in [6.07, 6.45) is 8.52. The number of sulfone groups is 1. The van der Waals surface area contributed by atoms with Gasteiger partial charge in [-0.25, -0.2) is 13.4 Å². The fourth-order valence-electron chi connectivity index (χ4n) is 3.16. The zero-order valence-corrected chi connectivity index (χ0v) is 19.7. The Hall–Kier alpha value is -2.45. The van der Waals surface area contributed by atoms with Gasteiger partial charge in [0.2, 0.25) is 0 Å². The van der Waals surface area contributed by atoms with Crippen LogP contribution in [0.2, 0.25) is 0 Å². The number of benzene rings is 1. The molecule has 0 fully saturated rings. The monoisotopic (exact) mass is 460 g/mol. The molecule has 0 amide bonds. The van der Waals surface area contributed by atoms with Crippen LogP contribution in [0.3, 0.4) is 0 Å². The van der Waals surface area contributed by atoms with Crippen molar-refractivity contribution in [1.82, 2.24) is 9.97 Å². The second kappa shape index (κ2) is 10.7. The van der Waals surface area contributed by atoms with Crippen LogP contribution in [0.25, 0.3) is 0 Å². The molecule has 2 aromatic heterocycles. The molecule has 0 aliphatic carbocycles. The third-order valence-electron chi connectivity index (χ3n) is 4.94. The first kappa shape index (κ1) is 23.2. The Kier molecular flexibility index (Phi) is 8.03. The van der Waals surface area contributed by atoms with Gasteiger partial charge in [-0.2, -0.15) is 0 Å². The van der Waals surface area contributed by atoms with Gasteiger partial charge in [-0.05, 0) is 36.6 Å². The molecule has 1 unspecified atom stereocenters. The molecule has 0 aliphatic heterocycles. The van der Waals surface area contributed by atoms with Crippen LogP contribution in [0.4, 0.5) is 0 Å². The lowest BCUT2D eigenvalue weighted by atomic mass is 10.0. The number of thiazole rings is 1. The van der Waals surface area contributed by atoms with Crippen molar-refractivity contribution in [2.75, 3.05) is 12.9 Å². The Balaban J connectivity index is 1.80. The van der Waals surface area contributed by atoms with Gasteiger partial charge in [0.05, 0.1) is 28.4 Å². The summed E-state index contributed by atoms with van der Waals surface area (Å²) in [5.74, 6) is 2.25. The van der Waals surface area contributed by atoms with Gasteiger partial charge < -0.3 is 9.47 Å². The third kappa shape index (κ3) is 6.77. The molecule has 1 aromatic carbocycles. The summed E-state index contributed by atoms with van der Waals surface area (Å²) in [4.78, 5) is 9.18. The van der Waals surface area contributed by atoms with E-state index < -0.39 is 9.84 Å². The van der Waals surface area contributed by atoms with Crippen LogP contribution in [-0.2, 0) is 16.3 Å². The topological polar surface area (TPSA) is 78.4 Å². The van der Waals surface area contributed by atoms with E-state index in [4.69, 9.17) is 9.47 Å². The number of pyridine rings is 1. The molecule has 2 heterocycles. The van der Waals surface area contributed by atoms with Crippen LogP contribution < -0.4 is 9.47 Å². The number of rotatable bonds is 11. The lowest BCUT2D eigenvalue weighted by Crippen LogP contribution is -2.12. The third-order valence-corrected chi connectivity index (χ3v) is 6.85. The van der Waals surface area contributed by atoms with Crippen LogP contribution in [0.15, 0.2) is 53.0 Å². The minimum Gasteiger partial charge on any atom is -0.491 e. The molecular weight excluding hydrogens is 432 g/mol. The van der Waals surface area contributed by atoms with Crippen LogP contribution in [0.1, 0.15) is 43.8 Å². The molecule has 0 saturated carbocycles. The number of nitrogens with zero attached hydrogens (tertiary/aromatic N) is 2. The molecular formula is C23H28N2O4S2. The molecule has 0 aliphatic rings. The van der Waals surface area contributed by atoms with Gasteiger partial charge in [-0.15, -0.1) is 11.3 Å². The van der Waals surface area contributed by atoms with Gasteiger partial charge in [0.25, 0.3) is 0 Å². The molecule has 0 spiro atoms. The number of hydrogen-bond acceptors (Lipinski definition) is 7. The zero-order valence-electron chi connectivity index (χ0n) is 18.1. The Bertz CT molecular complexity index is 1070. The first-order chi connectivity index (χ1) is 14.9. The van der Waals surface area contributed by atoms with Crippen molar-refractivity contribution in [3.8, 4) is 17.2 Å². The maximum Gasteiger partial charge on any atom is 0.175 e. The second-order valence-corrected chi connectivity index (χ2v) is 10.4. The predicted octanol–water partition coefficient (Wildman–Crippen LogP) is 5.53. The van der Waals surface area contributed by atoms with E-state index in [9.17, 15) is 8.42 Å². The lowest BCUT2D eigenvalue weighted by molar-refractivity contribution is 0.232. The molecule has 0 bridgehead atoms. The fourth-order valence-corrected chi connectivity index (χ4v) is 4.42. The summed E-state index contributed by atoms with van der Waals surface area (Å²) in [6.45, 7) is 4.99. The van der Waals surface area contributed by atoms with Gasteiger partial charge in [-0.3, -0.25) is 4.98 Å². The van der Waals surface area contributed by atoms with E-state index in [0.29, 0.717) is 36.2 Å². The van der Waals surface area contributed by atoms with Crippen LogP contribution >= 0.6 is 11.3 Å². The Labute approximate surface area is 188 Å². The molecule has 0 saturated heterocycles. The SMILES string of the molecule is CCCC(CC)COc1cc(Oc2ccc(S(C)(=O)=O)cc2)cnc1Cc1nccs1. The average molecular weight is 461 g/mol. The molecule has 166 valence electrons. The summed E-state index contributed by atoms with van der Waals surface area (Å²) >= 11 is 1.59. The molecule has 0 N–H and O–H groups in total. The summed E-state index contributed by atoms with van der Waals surface area (Å²) in [5.41, 5.74) is 0.820. The van der Waals surface area contributed by atoms with Crippen molar-refractivity contribution in [3.63, 3.8) is 0 Å². The van der Waals surface area contributed by atoms with E-state index in [1.807, 2.05) is 11.4 Å². The van der Waals surface area contributed by atoms with Crippen LogP contribution in [0, 0.1) is 5.92 Å². The quantitative estimate of drug-likeness (QED) is 0.374. The van der Waals surface area contributed by atoms with E-state index in [-0.39, 0.29) is 4.90 Å². The standard InChI is InChI=1S/C23H28N2O4S2/c1-4-6-17(5-2)16-28-22-13-19(15-25-21(22)14-23-24-11-12-30-23)29-18-7-9-20(10-8-18)31(3,26)27/h7-13,15,17H,4-6,14,16H2,1-3H3. The predicted molar refractivity (Wildman–Crippen MR) is 123 cm³/mol. The highest BCUT2D eigenvalue weighted by atomic mass is 32.2. The Morgan fingerprint density at radius 2 is 1.87 bits per heavy atom. The van der Waals surface area contributed by atoms with Gasteiger partial charge in [0.1, 0.15) is 17.2 Å².